The van der Waals surface area contributed by atoms with Crippen molar-refractivity contribution in [1.29, 1.82) is 0 Å². The molecule has 2 aromatic carbocycles. The third-order valence-corrected chi connectivity index (χ3v) is 6.67. The average molecular weight is 472 g/mol. The van der Waals surface area contributed by atoms with E-state index in [-0.39, 0.29) is 11.8 Å². The summed E-state index contributed by atoms with van der Waals surface area (Å²) in [4.78, 5) is 34.1. The number of carbonyl (C=O) groups is 2. The Kier molecular flexibility index (Phi) is 7.46. The molecule has 1 aromatic heterocycles. The number of carbonyl (C=O) groups excluding carboxylic acids is 2. The molecule has 35 heavy (non-hydrogen) atoms. The fourth-order valence-corrected chi connectivity index (χ4v) is 4.39. The number of aryl methyl sites for hydroxylation is 1. The highest BCUT2D eigenvalue weighted by Gasteiger charge is 2.25. The number of rotatable bonds is 6. The van der Waals surface area contributed by atoms with Crippen molar-refractivity contribution in [2.45, 2.75) is 32.2 Å². The summed E-state index contributed by atoms with van der Waals surface area (Å²) in [5.74, 6) is 0.972. The Morgan fingerprint density at radius 3 is 2.31 bits per heavy atom. The molecule has 0 radical (unpaired) electrons. The van der Waals surface area contributed by atoms with Crippen LogP contribution in [-0.2, 0) is 6.54 Å². The minimum atomic E-state index is -0.253. The van der Waals surface area contributed by atoms with E-state index in [9.17, 15) is 9.59 Å². The molecule has 182 valence electrons. The first-order valence-corrected chi connectivity index (χ1v) is 12.0. The Bertz CT molecular complexity index is 1180. The highest BCUT2D eigenvalue weighted by molar-refractivity contribution is 6.05. The van der Waals surface area contributed by atoms with Gasteiger partial charge in [0, 0.05) is 51.2 Å². The summed E-state index contributed by atoms with van der Waals surface area (Å²) in [7, 11) is 3.80. The van der Waals surface area contributed by atoms with Gasteiger partial charge in [0.15, 0.2) is 0 Å². The van der Waals surface area contributed by atoms with E-state index in [4.69, 9.17) is 5.73 Å². The second-order valence-corrected chi connectivity index (χ2v) is 9.30. The van der Waals surface area contributed by atoms with Gasteiger partial charge in [-0.1, -0.05) is 30.3 Å². The quantitative estimate of drug-likeness (QED) is 0.563. The molecule has 1 fully saturated rings. The highest BCUT2D eigenvalue weighted by atomic mass is 16.2. The summed E-state index contributed by atoms with van der Waals surface area (Å²) >= 11 is 0. The SMILES string of the molecule is Cc1ccc(C(=O)N2CCC(c3ccc(CN)cc3)CC2)cc1NC(=O)c1ccc(N(C)C)nc1. The van der Waals surface area contributed by atoms with Crippen LogP contribution in [-0.4, -0.2) is 48.9 Å². The van der Waals surface area contributed by atoms with Gasteiger partial charge in [-0.15, -0.1) is 0 Å². The number of anilines is 2. The summed E-state index contributed by atoms with van der Waals surface area (Å²) < 4.78 is 0. The molecule has 0 saturated carbocycles. The highest BCUT2D eigenvalue weighted by Crippen LogP contribution is 2.29. The smallest absolute Gasteiger partial charge is 0.257 e. The molecule has 1 aliphatic heterocycles. The van der Waals surface area contributed by atoms with Crippen LogP contribution in [0.25, 0.3) is 0 Å². The van der Waals surface area contributed by atoms with Crippen LogP contribution in [0, 0.1) is 6.92 Å². The lowest BCUT2D eigenvalue weighted by Gasteiger charge is -2.32. The van der Waals surface area contributed by atoms with Gasteiger partial charge >= 0.3 is 0 Å². The number of hydrogen-bond acceptors (Lipinski definition) is 5. The summed E-state index contributed by atoms with van der Waals surface area (Å²) in [6.45, 7) is 3.88. The fourth-order valence-electron chi connectivity index (χ4n) is 4.39. The maximum Gasteiger partial charge on any atom is 0.257 e. The molecule has 0 aliphatic carbocycles. The zero-order valence-corrected chi connectivity index (χ0v) is 20.6. The van der Waals surface area contributed by atoms with E-state index in [0.29, 0.717) is 42.4 Å². The molecule has 0 unspecified atom stereocenters. The zero-order valence-electron chi connectivity index (χ0n) is 20.6. The number of pyridine rings is 1. The molecular formula is C28H33N5O2. The number of piperidine rings is 1. The van der Waals surface area contributed by atoms with Crippen LogP contribution in [0.15, 0.2) is 60.8 Å². The topological polar surface area (TPSA) is 91.6 Å². The number of likely N-dealkylation sites (tertiary alicyclic amines) is 1. The average Bonchev–Trinajstić information content (AvgIpc) is 2.89. The van der Waals surface area contributed by atoms with Crippen molar-refractivity contribution in [3.05, 3.63) is 88.6 Å². The molecule has 2 amide bonds. The van der Waals surface area contributed by atoms with Crippen LogP contribution in [0.2, 0.25) is 0 Å². The summed E-state index contributed by atoms with van der Waals surface area (Å²) in [6, 6.07) is 17.5. The molecule has 0 bridgehead atoms. The van der Waals surface area contributed by atoms with Crippen molar-refractivity contribution in [3.8, 4) is 0 Å². The monoisotopic (exact) mass is 471 g/mol. The first-order valence-electron chi connectivity index (χ1n) is 12.0. The lowest BCUT2D eigenvalue weighted by atomic mass is 9.88. The number of hydrogen-bond donors (Lipinski definition) is 2. The van der Waals surface area contributed by atoms with Gasteiger partial charge in [-0.3, -0.25) is 9.59 Å². The zero-order chi connectivity index (χ0) is 24.9. The molecule has 0 atom stereocenters. The van der Waals surface area contributed by atoms with Gasteiger partial charge < -0.3 is 20.9 Å². The molecule has 3 N–H and O–H groups in total. The second kappa shape index (κ2) is 10.7. The van der Waals surface area contributed by atoms with Crippen molar-refractivity contribution in [3.63, 3.8) is 0 Å². The minimum Gasteiger partial charge on any atom is -0.363 e. The second-order valence-electron chi connectivity index (χ2n) is 9.30. The fraction of sp³-hybridized carbons (Fsp3) is 0.321. The Labute approximate surface area is 207 Å². The van der Waals surface area contributed by atoms with Gasteiger partial charge in [0.05, 0.1) is 5.56 Å². The van der Waals surface area contributed by atoms with E-state index in [1.54, 1.807) is 24.4 Å². The standard InChI is InChI=1S/C28H33N5O2/c1-19-4-7-23(16-25(19)31-27(34)24-10-11-26(30-18-24)32(2)3)28(35)33-14-12-22(13-15-33)21-8-5-20(17-29)6-9-21/h4-11,16,18,22H,12-15,17,29H2,1-3H3,(H,31,34). The van der Waals surface area contributed by atoms with Crippen LogP contribution < -0.4 is 16.0 Å². The maximum absolute atomic E-state index is 13.2. The Hall–Kier alpha value is -3.71. The molecule has 1 aliphatic rings. The molecular weight excluding hydrogens is 438 g/mol. The molecule has 0 spiro atoms. The number of nitrogens with two attached hydrogens (primary N) is 1. The Balaban J connectivity index is 1.40. The van der Waals surface area contributed by atoms with Gasteiger partial charge in [-0.2, -0.15) is 0 Å². The van der Waals surface area contributed by atoms with Gasteiger partial charge in [-0.25, -0.2) is 4.98 Å². The van der Waals surface area contributed by atoms with Crippen molar-refractivity contribution in [2.75, 3.05) is 37.4 Å². The van der Waals surface area contributed by atoms with Gasteiger partial charge in [-0.05, 0) is 66.6 Å². The van der Waals surface area contributed by atoms with Crippen molar-refractivity contribution >= 4 is 23.3 Å². The number of nitrogens with zero attached hydrogens (tertiary/aromatic N) is 3. The lowest BCUT2D eigenvalue weighted by molar-refractivity contribution is 0.0712. The summed E-state index contributed by atoms with van der Waals surface area (Å²) in [5.41, 5.74) is 10.7. The van der Waals surface area contributed by atoms with Crippen LogP contribution in [0.4, 0.5) is 11.5 Å². The van der Waals surface area contributed by atoms with E-state index < -0.39 is 0 Å². The summed E-state index contributed by atoms with van der Waals surface area (Å²) in [5, 5.41) is 2.94. The Morgan fingerprint density at radius 1 is 1.03 bits per heavy atom. The largest absolute Gasteiger partial charge is 0.363 e. The van der Waals surface area contributed by atoms with Crippen LogP contribution >= 0.6 is 0 Å². The number of aromatic nitrogens is 1. The number of amides is 2. The maximum atomic E-state index is 13.2. The first kappa shape index (κ1) is 24.4. The first-order chi connectivity index (χ1) is 16.9. The predicted octanol–water partition coefficient (Wildman–Crippen LogP) is 4.19. The minimum absolute atomic E-state index is 0.00516. The third-order valence-electron chi connectivity index (χ3n) is 6.67. The van der Waals surface area contributed by atoms with Gasteiger partial charge in [0.2, 0.25) is 0 Å². The van der Waals surface area contributed by atoms with E-state index in [1.807, 2.05) is 43.0 Å². The van der Waals surface area contributed by atoms with Crippen molar-refractivity contribution in [1.82, 2.24) is 9.88 Å². The van der Waals surface area contributed by atoms with E-state index in [1.165, 1.54) is 5.56 Å². The van der Waals surface area contributed by atoms with E-state index in [0.717, 1.165) is 29.8 Å². The molecule has 7 nitrogen and oxygen atoms in total. The number of benzene rings is 2. The molecule has 7 heteroatoms. The molecule has 2 heterocycles. The molecule has 4 rings (SSSR count). The third kappa shape index (κ3) is 5.69. The van der Waals surface area contributed by atoms with Crippen molar-refractivity contribution in [2.24, 2.45) is 5.73 Å². The predicted molar refractivity (Wildman–Crippen MR) is 140 cm³/mol. The normalized spacial score (nSPS) is 14.0. The number of nitrogens with one attached hydrogen (secondary N) is 1. The van der Waals surface area contributed by atoms with Crippen LogP contribution in [0.5, 0.6) is 0 Å². The summed E-state index contributed by atoms with van der Waals surface area (Å²) in [6.07, 6.45) is 3.42. The molecule has 1 saturated heterocycles. The van der Waals surface area contributed by atoms with E-state index >= 15 is 0 Å². The van der Waals surface area contributed by atoms with E-state index in [2.05, 4.69) is 34.6 Å². The van der Waals surface area contributed by atoms with Gasteiger partial charge in [0.25, 0.3) is 11.8 Å². The van der Waals surface area contributed by atoms with Crippen LogP contribution in [0.1, 0.15) is 56.2 Å². The Morgan fingerprint density at radius 2 is 1.71 bits per heavy atom. The molecule has 3 aromatic rings. The lowest BCUT2D eigenvalue weighted by Crippen LogP contribution is -2.38. The van der Waals surface area contributed by atoms with Crippen molar-refractivity contribution < 1.29 is 9.59 Å². The van der Waals surface area contributed by atoms with Gasteiger partial charge in [0.1, 0.15) is 5.82 Å². The van der Waals surface area contributed by atoms with Crippen LogP contribution in [0.3, 0.4) is 0 Å².